The number of carboxylic acid groups (broad SMARTS) is 1. The lowest BCUT2D eigenvalue weighted by atomic mass is 10.1. The van der Waals surface area contributed by atoms with Crippen molar-refractivity contribution >= 4 is 17.8 Å². The van der Waals surface area contributed by atoms with Gasteiger partial charge in [0.05, 0.1) is 27.8 Å². The Kier molecular flexibility index (Phi) is 7.51. The topological polar surface area (TPSA) is 123 Å². The van der Waals surface area contributed by atoms with E-state index in [-0.39, 0.29) is 18.5 Å². The highest BCUT2D eigenvalue weighted by Crippen LogP contribution is 2.38. The molecule has 1 aromatic rings. The Morgan fingerprint density at radius 2 is 1.64 bits per heavy atom. The average Bonchev–Trinajstić information content (AvgIpc) is 2.59. The van der Waals surface area contributed by atoms with Crippen LogP contribution in [0.4, 0.5) is 0 Å². The molecule has 9 heteroatoms. The molecule has 0 heterocycles. The molecule has 0 bridgehead atoms. The molecule has 9 nitrogen and oxygen atoms in total. The molecule has 0 saturated carbocycles. The first kappa shape index (κ1) is 20.1. The number of amides is 2. The number of hydrogen-bond acceptors (Lipinski definition) is 6. The van der Waals surface area contributed by atoms with Gasteiger partial charge in [0.1, 0.15) is 6.04 Å². The highest BCUT2D eigenvalue weighted by molar-refractivity contribution is 5.98. The van der Waals surface area contributed by atoms with Crippen LogP contribution in [0.25, 0.3) is 0 Å². The molecule has 0 fully saturated rings. The summed E-state index contributed by atoms with van der Waals surface area (Å²) in [5.41, 5.74) is 0.222. The molecule has 0 saturated heterocycles. The van der Waals surface area contributed by atoms with Crippen molar-refractivity contribution in [2.24, 2.45) is 0 Å². The van der Waals surface area contributed by atoms with Crippen LogP contribution in [0.1, 0.15) is 23.7 Å². The fourth-order valence-electron chi connectivity index (χ4n) is 2.00. The van der Waals surface area contributed by atoms with Crippen LogP contribution < -0.4 is 24.8 Å². The molecule has 0 aliphatic rings. The molecule has 0 spiro atoms. The summed E-state index contributed by atoms with van der Waals surface area (Å²) in [7, 11) is 4.30. The van der Waals surface area contributed by atoms with E-state index in [0.717, 1.165) is 0 Å². The Balaban J connectivity index is 2.82. The van der Waals surface area contributed by atoms with Crippen molar-refractivity contribution in [3.05, 3.63) is 17.7 Å². The number of benzene rings is 1. The maximum Gasteiger partial charge on any atom is 0.305 e. The van der Waals surface area contributed by atoms with Crippen LogP contribution >= 0.6 is 0 Å². The van der Waals surface area contributed by atoms with E-state index in [4.69, 9.17) is 19.3 Å². The summed E-state index contributed by atoms with van der Waals surface area (Å²) in [6.45, 7) is 1.48. The van der Waals surface area contributed by atoms with E-state index < -0.39 is 23.8 Å². The first-order valence-corrected chi connectivity index (χ1v) is 7.44. The monoisotopic (exact) mass is 354 g/mol. The second-order valence-electron chi connectivity index (χ2n) is 5.04. The SMILES string of the molecule is COc1cc(C(=O)NC(C)C(=O)NCCC(=O)O)cc(OC)c1OC. The number of carbonyl (C=O) groups is 3. The molecule has 138 valence electrons. The lowest BCUT2D eigenvalue weighted by molar-refractivity contribution is -0.137. The number of aliphatic carboxylic acids is 1. The zero-order valence-corrected chi connectivity index (χ0v) is 14.5. The fourth-order valence-corrected chi connectivity index (χ4v) is 2.00. The summed E-state index contributed by atoms with van der Waals surface area (Å²) in [5.74, 6) is -1.05. The van der Waals surface area contributed by atoms with Crippen molar-refractivity contribution in [3.8, 4) is 17.2 Å². The van der Waals surface area contributed by atoms with Crippen LogP contribution in [-0.2, 0) is 9.59 Å². The number of carboxylic acids is 1. The van der Waals surface area contributed by atoms with E-state index in [1.807, 2.05) is 0 Å². The van der Waals surface area contributed by atoms with Gasteiger partial charge in [0.15, 0.2) is 11.5 Å². The Morgan fingerprint density at radius 1 is 1.08 bits per heavy atom. The van der Waals surface area contributed by atoms with Crippen molar-refractivity contribution in [1.82, 2.24) is 10.6 Å². The van der Waals surface area contributed by atoms with Gasteiger partial charge in [-0.1, -0.05) is 0 Å². The average molecular weight is 354 g/mol. The smallest absolute Gasteiger partial charge is 0.305 e. The second-order valence-corrected chi connectivity index (χ2v) is 5.04. The highest BCUT2D eigenvalue weighted by Gasteiger charge is 2.20. The molecule has 1 rings (SSSR count). The maximum atomic E-state index is 12.3. The molecule has 2 amide bonds. The quantitative estimate of drug-likeness (QED) is 0.587. The number of hydrogen-bond donors (Lipinski definition) is 3. The van der Waals surface area contributed by atoms with Crippen molar-refractivity contribution in [2.75, 3.05) is 27.9 Å². The molecule has 0 aliphatic carbocycles. The van der Waals surface area contributed by atoms with Crippen LogP contribution in [0, 0.1) is 0 Å². The van der Waals surface area contributed by atoms with Gasteiger partial charge in [0, 0.05) is 12.1 Å². The Bertz CT molecular complexity index is 620. The van der Waals surface area contributed by atoms with Gasteiger partial charge in [0.2, 0.25) is 11.7 Å². The van der Waals surface area contributed by atoms with E-state index in [0.29, 0.717) is 17.2 Å². The van der Waals surface area contributed by atoms with Gasteiger partial charge in [0.25, 0.3) is 5.91 Å². The van der Waals surface area contributed by atoms with Gasteiger partial charge in [-0.2, -0.15) is 0 Å². The standard InChI is InChI=1S/C16H22N2O7/c1-9(15(21)17-6-5-13(19)20)18-16(22)10-7-11(23-2)14(25-4)12(8-10)24-3/h7-9H,5-6H2,1-4H3,(H,17,21)(H,18,22)(H,19,20). The zero-order chi connectivity index (χ0) is 19.0. The first-order chi connectivity index (χ1) is 11.8. The molecule has 1 aromatic carbocycles. The van der Waals surface area contributed by atoms with E-state index in [1.165, 1.54) is 40.4 Å². The Hall–Kier alpha value is -2.97. The molecule has 1 atom stereocenters. The van der Waals surface area contributed by atoms with Gasteiger partial charge in [-0.15, -0.1) is 0 Å². The summed E-state index contributed by atoms with van der Waals surface area (Å²) in [4.78, 5) is 34.6. The number of ether oxygens (including phenoxy) is 3. The summed E-state index contributed by atoms with van der Waals surface area (Å²) in [5, 5.41) is 13.5. The Morgan fingerprint density at radius 3 is 2.08 bits per heavy atom. The van der Waals surface area contributed by atoms with Crippen molar-refractivity contribution in [2.45, 2.75) is 19.4 Å². The number of carbonyl (C=O) groups excluding carboxylic acids is 2. The van der Waals surface area contributed by atoms with Gasteiger partial charge in [-0.05, 0) is 19.1 Å². The number of rotatable bonds is 9. The Labute approximate surface area is 145 Å². The minimum Gasteiger partial charge on any atom is -0.493 e. The van der Waals surface area contributed by atoms with Gasteiger partial charge in [-0.3, -0.25) is 14.4 Å². The summed E-state index contributed by atoms with van der Waals surface area (Å²) in [6, 6.07) is 2.08. The van der Waals surface area contributed by atoms with Gasteiger partial charge in [-0.25, -0.2) is 0 Å². The van der Waals surface area contributed by atoms with Crippen LogP contribution in [-0.4, -0.2) is 56.8 Å². The zero-order valence-electron chi connectivity index (χ0n) is 14.5. The second kappa shape index (κ2) is 9.36. The van der Waals surface area contributed by atoms with E-state index in [1.54, 1.807) is 0 Å². The van der Waals surface area contributed by atoms with Gasteiger partial charge < -0.3 is 30.0 Å². The van der Waals surface area contributed by atoms with Crippen molar-refractivity contribution in [1.29, 1.82) is 0 Å². The molecule has 3 N–H and O–H groups in total. The van der Waals surface area contributed by atoms with Crippen LogP contribution in [0.3, 0.4) is 0 Å². The molecule has 0 aliphatic heterocycles. The summed E-state index contributed by atoms with van der Waals surface area (Å²) < 4.78 is 15.5. The van der Waals surface area contributed by atoms with E-state index in [9.17, 15) is 14.4 Å². The summed E-state index contributed by atoms with van der Waals surface area (Å²) >= 11 is 0. The molecular weight excluding hydrogens is 332 g/mol. The van der Waals surface area contributed by atoms with E-state index in [2.05, 4.69) is 10.6 Å². The predicted molar refractivity (Wildman–Crippen MR) is 88.3 cm³/mol. The lowest BCUT2D eigenvalue weighted by Gasteiger charge is -2.16. The van der Waals surface area contributed by atoms with Crippen LogP contribution in [0.15, 0.2) is 12.1 Å². The summed E-state index contributed by atoms with van der Waals surface area (Å²) in [6.07, 6.45) is -0.195. The highest BCUT2D eigenvalue weighted by atomic mass is 16.5. The maximum absolute atomic E-state index is 12.3. The third kappa shape index (κ3) is 5.55. The third-order valence-corrected chi connectivity index (χ3v) is 3.31. The normalized spacial score (nSPS) is 11.2. The minimum atomic E-state index is -1.02. The lowest BCUT2D eigenvalue weighted by Crippen LogP contribution is -2.45. The fraction of sp³-hybridized carbons (Fsp3) is 0.438. The third-order valence-electron chi connectivity index (χ3n) is 3.31. The van der Waals surface area contributed by atoms with Crippen molar-refractivity contribution in [3.63, 3.8) is 0 Å². The minimum absolute atomic E-state index is 0.0153. The molecule has 25 heavy (non-hydrogen) atoms. The first-order valence-electron chi connectivity index (χ1n) is 7.44. The molecular formula is C16H22N2O7. The molecule has 0 radical (unpaired) electrons. The van der Waals surface area contributed by atoms with Crippen LogP contribution in [0.2, 0.25) is 0 Å². The van der Waals surface area contributed by atoms with Crippen LogP contribution in [0.5, 0.6) is 17.2 Å². The van der Waals surface area contributed by atoms with Crippen molar-refractivity contribution < 1.29 is 33.7 Å². The molecule has 1 unspecified atom stereocenters. The molecule has 0 aromatic heterocycles. The van der Waals surface area contributed by atoms with Gasteiger partial charge >= 0.3 is 5.97 Å². The number of methoxy groups -OCH3 is 3. The number of nitrogens with one attached hydrogen (secondary N) is 2. The van der Waals surface area contributed by atoms with E-state index >= 15 is 0 Å². The largest absolute Gasteiger partial charge is 0.493 e. The predicted octanol–water partition coefficient (Wildman–Crippen LogP) is 0.422.